The fourth-order valence-electron chi connectivity index (χ4n) is 2.89. The van der Waals surface area contributed by atoms with Crippen molar-refractivity contribution >= 4 is 28.9 Å². The Morgan fingerprint density at radius 3 is 2.29 bits per heavy atom. The van der Waals surface area contributed by atoms with E-state index in [9.17, 15) is 13.2 Å². The first-order valence-electron chi connectivity index (χ1n) is 7.94. The highest BCUT2D eigenvalue weighted by molar-refractivity contribution is 6.34. The quantitative estimate of drug-likeness (QED) is 0.646. The molecule has 1 aliphatic rings. The number of rotatable bonds is 3. The maximum absolute atomic E-state index is 14.0. The highest BCUT2D eigenvalue weighted by Gasteiger charge is 2.59. The zero-order valence-corrected chi connectivity index (χ0v) is 15.4. The fourth-order valence-corrected chi connectivity index (χ4v) is 3.42. The standard InChI is InChI=1S/C18H11Cl2F3N4O/c19-13-5-12(6-14(20)7-13)17(18(21,22)23)8-16(26-28-17)11-1-3-15(4-2-11)27-10-24-9-25-27/h1-10,26H. The van der Waals surface area contributed by atoms with Gasteiger partial charge in [-0.15, -0.1) is 0 Å². The fraction of sp³-hybridized carbons (Fsp3) is 0.111. The predicted molar refractivity (Wildman–Crippen MR) is 97.8 cm³/mol. The Bertz CT molecular complexity index is 1020. The van der Waals surface area contributed by atoms with Crippen LogP contribution in [0, 0.1) is 0 Å². The first kappa shape index (κ1) is 18.8. The lowest BCUT2D eigenvalue weighted by Crippen LogP contribution is -2.42. The molecule has 0 bridgehead atoms. The van der Waals surface area contributed by atoms with Crippen LogP contribution in [0.15, 0.2) is 61.2 Å². The molecule has 2 heterocycles. The van der Waals surface area contributed by atoms with Crippen molar-refractivity contribution in [2.24, 2.45) is 0 Å². The third-order valence-electron chi connectivity index (χ3n) is 4.24. The van der Waals surface area contributed by atoms with Gasteiger partial charge in [0.05, 0.1) is 11.4 Å². The molecule has 10 heteroatoms. The smallest absolute Gasteiger partial charge is 0.265 e. The Morgan fingerprint density at radius 2 is 1.71 bits per heavy atom. The molecule has 0 fully saturated rings. The van der Waals surface area contributed by atoms with Crippen molar-refractivity contribution in [3.63, 3.8) is 0 Å². The highest BCUT2D eigenvalue weighted by Crippen LogP contribution is 2.48. The zero-order chi connectivity index (χ0) is 19.9. The van der Waals surface area contributed by atoms with E-state index in [2.05, 4.69) is 15.6 Å². The number of hydrogen-bond acceptors (Lipinski definition) is 4. The van der Waals surface area contributed by atoms with Gasteiger partial charge in [-0.05, 0) is 42.0 Å². The van der Waals surface area contributed by atoms with Gasteiger partial charge >= 0.3 is 6.18 Å². The van der Waals surface area contributed by atoms with Gasteiger partial charge in [-0.25, -0.2) is 9.67 Å². The van der Waals surface area contributed by atoms with E-state index < -0.39 is 11.8 Å². The summed E-state index contributed by atoms with van der Waals surface area (Å²) in [6, 6.07) is 10.4. The van der Waals surface area contributed by atoms with Gasteiger partial charge in [-0.3, -0.25) is 10.3 Å². The zero-order valence-electron chi connectivity index (χ0n) is 13.9. The summed E-state index contributed by atoms with van der Waals surface area (Å²) < 4.78 is 43.5. The van der Waals surface area contributed by atoms with Crippen molar-refractivity contribution in [2.45, 2.75) is 11.8 Å². The highest BCUT2D eigenvalue weighted by atomic mass is 35.5. The van der Waals surface area contributed by atoms with Crippen molar-refractivity contribution in [1.82, 2.24) is 20.2 Å². The summed E-state index contributed by atoms with van der Waals surface area (Å²) in [5.41, 5.74) is 0.819. The average molecular weight is 427 g/mol. The monoisotopic (exact) mass is 426 g/mol. The summed E-state index contributed by atoms with van der Waals surface area (Å²) in [5, 5.41) is 4.16. The molecular formula is C18H11Cl2F3N4O. The third-order valence-corrected chi connectivity index (χ3v) is 4.68. The average Bonchev–Trinajstić information content (AvgIpc) is 3.31. The Kier molecular flexibility index (Phi) is 4.57. The van der Waals surface area contributed by atoms with E-state index in [-0.39, 0.29) is 21.3 Å². The molecule has 3 aromatic rings. The minimum absolute atomic E-state index is 0.0776. The Balaban J connectivity index is 1.75. The van der Waals surface area contributed by atoms with Gasteiger partial charge in [-0.2, -0.15) is 18.3 Å². The van der Waals surface area contributed by atoms with Crippen LogP contribution in [0.1, 0.15) is 11.1 Å². The van der Waals surface area contributed by atoms with Crippen LogP contribution in [0.5, 0.6) is 0 Å². The molecule has 1 atom stereocenters. The maximum atomic E-state index is 14.0. The van der Waals surface area contributed by atoms with E-state index in [1.54, 1.807) is 24.3 Å². The van der Waals surface area contributed by atoms with Gasteiger partial charge in [0, 0.05) is 15.6 Å². The van der Waals surface area contributed by atoms with E-state index in [0.29, 0.717) is 11.3 Å². The van der Waals surface area contributed by atoms with E-state index >= 15 is 0 Å². The van der Waals surface area contributed by atoms with Crippen LogP contribution in [-0.2, 0) is 10.4 Å². The molecule has 0 radical (unpaired) electrons. The molecule has 0 aliphatic carbocycles. The van der Waals surface area contributed by atoms with Crippen LogP contribution in [0.2, 0.25) is 10.0 Å². The number of hydroxylamine groups is 1. The lowest BCUT2D eigenvalue weighted by Gasteiger charge is -2.28. The molecule has 2 aromatic carbocycles. The Hall–Kier alpha value is -2.55. The van der Waals surface area contributed by atoms with Crippen molar-refractivity contribution in [3.8, 4) is 5.69 Å². The summed E-state index contributed by atoms with van der Waals surface area (Å²) in [7, 11) is 0. The van der Waals surface area contributed by atoms with Crippen molar-refractivity contribution < 1.29 is 18.0 Å². The summed E-state index contributed by atoms with van der Waals surface area (Å²) in [5.74, 6) is 0. The summed E-state index contributed by atoms with van der Waals surface area (Å²) in [4.78, 5) is 8.91. The first-order valence-corrected chi connectivity index (χ1v) is 8.70. The molecular weight excluding hydrogens is 416 g/mol. The largest absolute Gasteiger partial charge is 0.428 e. The van der Waals surface area contributed by atoms with Crippen LogP contribution in [0.3, 0.4) is 0 Å². The van der Waals surface area contributed by atoms with Gasteiger partial charge in [0.2, 0.25) is 5.60 Å². The molecule has 28 heavy (non-hydrogen) atoms. The molecule has 0 saturated heterocycles. The van der Waals surface area contributed by atoms with E-state index in [1.165, 1.54) is 35.5 Å². The third kappa shape index (κ3) is 3.23. The topological polar surface area (TPSA) is 52.0 Å². The number of alkyl halides is 3. The maximum Gasteiger partial charge on any atom is 0.428 e. The molecule has 0 spiro atoms. The Labute approximate surface area is 167 Å². The summed E-state index contributed by atoms with van der Waals surface area (Å²) in [6.45, 7) is 0. The van der Waals surface area contributed by atoms with Crippen molar-refractivity contribution in [3.05, 3.63) is 82.4 Å². The minimum Gasteiger partial charge on any atom is -0.265 e. The molecule has 1 unspecified atom stereocenters. The van der Waals surface area contributed by atoms with Crippen LogP contribution in [0.25, 0.3) is 11.4 Å². The van der Waals surface area contributed by atoms with Crippen LogP contribution >= 0.6 is 23.2 Å². The second kappa shape index (κ2) is 6.80. The molecule has 1 aromatic heterocycles. The predicted octanol–water partition coefficient (Wildman–Crippen LogP) is 4.91. The Morgan fingerprint density at radius 1 is 1.04 bits per heavy atom. The van der Waals surface area contributed by atoms with Gasteiger partial charge < -0.3 is 0 Å². The number of aromatic nitrogens is 3. The lowest BCUT2D eigenvalue weighted by atomic mass is 9.91. The second-order valence-corrected chi connectivity index (χ2v) is 6.91. The minimum atomic E-state index is -4.75. The number of nitrogens with one attached hydrogen (secondary N) is 1. The first-order chi connectivity index (χ1) is 13.3. The molecule has 0 amide bonds. The molecule has 4 rings (SSSR count). The number of hydrogen-bond donors (Lipinski definition) is 1. The van der Waals surface area contributed by atoms with Crippen LogP contribution < -0.4 is 5.48 Å². The molecule has 0 saturated carbocycles. The van der Waals surface area contributed by atoms with E-state index in [4.69, 9.17) is 28.0 Å². The van der Waals surface area contributed by atoms with Gasteiger partial charge in [0.25, 0.3) is 0 Å². The number of nitrogens with zero attached hydrogens (tertiary/aromatic N) is 3. The van der Waals surface area contributed by atoms with E-state index in [1.807, 2.05) is 0 Å². The molecule has 144 valence electrons. The van der Waals surface area contributed by atoms with Gasteiger partial charge in [0.1, 0.15) is 12.7 Å². The molecule has 1 aliphatic heterocycles. The normalized spacial score (nSPS) is 19.4. The van der Waals surface area contributed by atoms with Crippen LogP contribution in [-0.4, -0.2) is 20.9 Å². The SMILES string of the molecule is FC(F)(F)C1(c2cc(Cl)cc(Cl)c2)C=C(c2ccc(-n3cncn3)cc2)NO1. The second-order valence-electron chi connectivity index (χ2n) is 6.04. The number of halogens is 5. The van der Waals surface area contributed by atoms with Gasteiger partial charge in [0.15, 0.2) is 0 Å². The number of benzene rings is 2. The van der Waals surface area contributed by atoms with Crippen molar-refractivity contribution in [2.75, 3.05) is 0 Å². The lowest BCUT2D eigenvalue weighted by molar-refractivity contribution is -0.269. The van der Waals surface area contributed by atoms with Crippen molar-refractivity contribution in [1.29, 1.82) is 0 Å². The summed E-state index contributed by atoms with van der Waals surface area (Å²) >= 11 is 11.8. The van der Waals surface area contributed by atoms with Crippen LogP contribution in [0.4, 0.5) is 13.2 Å². The summed E-state index contributed by atoms with van der Waals surface area (Å²) in [6.07, 6.45) is -0.880. The molecule has 1 N–H and O–H groups in total. The van der Waals surface area contributed by atoms with E-state index in [0.717, 1.165) is 6.08 Å². The molecule has 5 nitrogen and oxygen atoms in total. The van der Waals surface area contributed by atoms with Gasteiger partial charge in [-0.1, -0.05) is 35.3 Å².